The van der Waals surface area contributed by atoms with Crippen LogP contribution in [-0.2, 0) is 19.6 Å². The molecule has 2 nitrogen and oxygen atoms in total. The van der Waals surface area contributed by atoms with E-state index in [2.05, 4.69) is 12.1 Å². The molecule has 0 aromatic heterocycles. The fourth-order valence-electron chi connectivity index (χ4n) is 2.46. The van der Waals surface area contributed by atoms with Crippen molar-refractivity contribution in [2.24, 2.45) is 0 Å². The van der Waals surface area contributed by atoms with Crippen molar-refractivity contribution in [2.75, 3.05) is 0 Å². The molecule has 1 aliphatic rings. The summed E-state index contributed by atoms with van der Waals surface area (Å²) in [5.41, 5.74) is 6.86. The molecule has 0 bridgehead atoms. The lowest BCUT2D eigenvalue weighted by Crippen LogP contribution is -1.87. The zero-order chi connectivity index (χ0) is 11.8. The molecule has 2 N–H and O–H groups in total. The molecule has 2 aromatic carbocycles. The van der Waals surface area contributed by atoms with Crippen LogP contribution in [0.2, 0.25) is 0 Å². The van der Waals surface area contributed by atoms with Crippen molar-refractivity contribution in [1.29, 1.82) is 0 Å². The van der Waals surface area contributed by atoms with Gasteiger partial charge in [0.25, 0.3) is 0 Å². The molecular formula is C15H14O2. The molecule has 1 aliphatic carbocycles. The Kier molecular flexibility index (Phi) is 2.46. The van der Waals surface area contributed by atoms with Crippen LogP contribution in [0.5, 0.6) is 0 Å². The van der Waals surface area contributed by atoms with Gasteiger partial charge in [0.1, 0.15) is 0 Å². The molecule has 2 heteroatoms. The monoisotopic (exact) mass is 226 g/mol. The first-order valence-electron chi connectivity index (χ1n) is 5.77. The Morgan fingerprint density at radius 3 is 1.65 bits per heavy atom. The maximum Gasteiger partial charge on any atom is 0.0682 e. The summed E-state index contributed by atoms with van der Waals surface area (Å²) >= 11 is 0. The fourth-order valence-corrected chi connectivity index (χ4v) is 2.46. The van der Waals surface area contributed by atoms with Gasteiger partial charge < -0.3 is 10.2 Å². The summed E-state index contributed by atoms with van der Waals surface area (Å²) in [5, 5.41) is 18.4. The largest absolute Gasteiger partial charge is 0.392 e. The third-order valence-electron chi connectivity index (χ3n) is 3.38. The molecule has 0 heterocycles. The predicted octanol–water partition coefficient (Wildman–Crippen LogP) is 2.24. The molecule has 2 aromatic rings. The van der Waals surface area contributed by atoms with Gasteiger partial charge in [-0.15, -0.1) is 0 Å². The molecule has 0 amide bonds. The number of fused-ring (bicyclic) bond motifs is 3. The van der Waals surface area contributed by atoms with E-state index in [4.69, 9.17) is 0 Å². The van der Waals surface area contributed by atoms with Gasteiger partial charge in [0, 0.05) is 0 Å². The number of benzene rings is 2. The van der Waals surface area contributed by atoms with E-state index in [9.17, 15) is 10.2 Å². The third-order valence-corrected chi connectivity index (χ3v) is 3.38. The molecule has 0 radical (unpaired) electrons. The zero-order valence-electron chi connectivity index (χ0n) is 9.48. The number of hydrogen-bond acceptors (Lipinski definition) is 2. The van der Waals surface area contributed by atoms with Crippen LogP contribution in [0.25, 0.3) is 11.1 Å². The van der Waals surface area contributed by atoms with E-state index in [1.165, 1.54) is 22.3 Å². The summed E-state index contributed by atoms with van der Waals surface area (Å²) in [6, 6.07) is 12.2. The van der Waals surface area contributed by atoms with Crippen LogP contribution in [0.15, 0.2) is 36.4 Å². The molecule has 3 rings (SSSR count). The van der Waals surface area contributed by atoms with Crippen LogP contribution in [-0.4, -0.2) is 10.2 Å². The molecule has 0 aliphatic heterocycles. The Morgan fingerprint density at radius 2 is 1.24 bits per heavy atom. The molecule has 0 fully saturated rings. The first-order chi connectivity index (χ1) is 8.31. The maximum absolute atomic E-state index is 9.18. The Labute approximate surface area is 100 Å². The van der Waals surface area contributed by atoms with Crippen LogP contribution < -0.4 is 0 Å². The van der Waals surface area contributed by atoms with Crippen LogP contribution >= 0.6 is 0 Å². The second-order valence-corrected chi connectivity index (χ2v) is 4.48. The van der Waals surface area contributed by atoms with E-state index in [0.717, 1.165) is 17.5 Å². The molecule has 0 spiro atoms. The molecule has 0 saturated heterocycles. The molecule has 86 valence electrons. The minimum atomic E-state index is 0.0717. The van der Waals surface area contributed by atoms with Crippen molar-refractivity contribution in [1.82, 2.24) is 0 Å². The van der Waals surface area contributed by atoms with E-state index in [1.54, 1.807) is 0 Å². The van der Waals surface area contributed by atoms with E-state index in [1.807, 2.05) is 24.3 Å². The highest BCUT2D eigenvalue weighted by Gasteiger charge is 2.18. The fraction of sp³-hybridized carbons (Fsp3) is 0.200. The summed E-state index contributed by atoms with van der Waals surface area (Å²) in [5.74, 6) is 0. The van der Waals surface area contributed by atoms with Crippen molar-refractivity contribution >= 4 is 0 Å². The van der Waals surface area contributed by atoms with Crippen LogP contribution in [0.3, 0.4) is 0 Å². The molecule has 0 unspecified atom stereocenters. The average molecular weight is 226 g/mol. The second-order valence-electron chi connectivity index (χ2n) is 4.48. The van der Waals surface area contributed by atoms with Crippen LogP contribution in [0.4, 0.5) is 0 Å². The smallest absolute Gasteiger partial charge is 0.0682 e. The van der Waals surface area contributed by atoms with Gasteiger partial charge in [-0.25, -0.2) is 0 Å². The molecular weight excluding hydrogens is 212 g/mol. The zero-order valence-corrected chi connectivity index (χ0v) is 9.48. The standard InChI is InChI=1S/C15H14O2/c16-8-10-1-3-12-7-13-4-2-11(9-17)6-15(13)14(12)5-10/h1-6,16-17H,7-9H2. The van der Waals surface area contributed by atoms with Gasteiger partial charge in [-0.05, 0) is 51.9 Å². The minimum Gasteiger partial charge on any atom is -0.392 e. The molecule has 0 atom stereocenters. The summed E-state index contributed by atoms with van der Waals surface area (Å²) in [7, 11) is 0. The predicted molar refractivity (Wildman–Crippen MR) is 66.5 cm³/mol. The first kappa shape index (κ1) is 10.5. The number of aliphatic hydroxyl groups is 2. The van der Waals surface area contributed by atoms with Crippen molar-refractivity contribution in [2.45, 2.75) is 19.6 Å². The van der Waals surface area contributed by atoms with Gasteiger partial charge in [0.2, 0.25) is 0 Å². The normalized spacial score (nSPS) is 12.4. The van der Waals surface area contributed by atoms with Crippen molar-refractivity contribution in [3.05, 3.63) is 58.7 Å². The highest BCUT2D eigenvalue weighted by Crippen LogP contribution is 2.37. The quantitative estimate of drug-likeness (QED) is 0.703. The summed E-state index contributed by atoms with van der Waals surface area (Å²) < 4.78 is 0. The lowest BCUT2D eigenvalue weighted by Gasteiger charge is -2.05. The highest BCUT2D eigenvalue weighted by molar-refractivity contribution is 5.77. The lowest BCUT2D eigenvalue weighted by atomic mass is 10.0. The minimum absolute atomic E-state index is 0.0717. The van der Waals surface area contributed by atoms with Crippen LogP contribution in [0, 0.1) is 0 Å². The summed E-state index contributed by atoms with van der Waals surface area (Å²) in [6.45, 7) is 0.143. The highest BCUT2D eigenvalue weighted by atomic mass is 16.3. The number of hydrogen-bond donors (Lipinski definition) is 2. The maximum atomic E-state index is 9.18. The SMILES string of the molecule is OCc1ccc2c(c1)-c1cc(CO)ccc1C2. The Morgan fingerprint density at radius 1 is 0.765 bits per heavy atom. The second kappa shape index (κ2) is 3.99. The van der Waals surface area contributed by atoms with E-state index >= 15 is 0 Å². The van der Waals surface area contributed by atoms with Crippen molar-refractivity contribution in [3.63, 3.8) is 0 Å². The summed E-state index contributed by atoms with van der Waals surface area (Å²) in [4.78, 5) is 0. The lowest BCUT2D eigenvalue weighted by molar-refractivity contribution is 0.281. The Balaban J connectivity index is 2.17. The number of aliphatic hydroxyl groups excluding tert-OH is 2. The Hall–Kier alpha value is -1.64. The van der Waals surface area contributed by atoms with Gasteiger partial charge in [-0.1, -0.05) is 24.3 Å². The van der Waals surface area contributed by atoms with Gasteiger partial charge in [-0.3, -0.25) is 0 Å². The van der Waals surface area contributed by atoms with Gasteiger partial charge >= 0.3 is 0 Å². The van der Waals surface area contributed by atoms with Crippen molar-refractivity contribution in [3.8, 4) is 11.1 Å². The van der Waals surface area contributed by atoms with Gasteiger partial charge in [0.05, 0.1) is 13.2 Å². The van der Waals surface area contributed by atoms with Crippen molar-refractivity contribution < 1.29 is 10.2 Å². The molecule has 0 saturated carbocycles. The average Bonchev–Trinajstić information content (AvgIpc) is 2.75. The number of rotatable bonds is 2. The summed E-state index contributed by atoms with van der Waals surface area (Å²) in [6.07, 6.45) is 0.947. The van der Waals surface area contributed by atoms with Crippen LogP contribution in [0.1, 0.15) is 22.3 Å². The van der Waals surface area contributed by atoms with Gasteiger partial charge in [-0.2, -0.15) is 0 Å². The van der Waals surface area contributed by atoms with E-state index < -0.39 is 0 Å². The van der Waals surface area contributed by atoms with Gasteiger partial charge in [0.15, 0.2) is 0 Å². The first-order valence-corrected chi connectivity index (χ1v) is 5.77. The van der Waals surface area contributed by atoms with E-state index in [-0.39, 0.29) is 13.2 Å². The molecule has 17 heavy (non-hydrogen) atoms. The Bertz CT molecular complexity index is 522. The topological polar surface area (TPSA) is 40.5 Å². The van der Waals surface area contributed by atoms with E-state index in [0.29, 0.717) is 0 Å². The third kappa shape index (κ3) is 1.66.